The molecule has 4 heteroatoms. The van der Waals surface area contributed by atoms with E-state index in [-0.39, 0.29) is 11.9 Å². The van der Waals surface area contributed by atoms with Gasteiger partial charge in [0.2, 0.25) is 5.91 Å². The average Bonchev–Trinajstić information content (AvgIpc) is 2.87. The topological polar surface area (TPSA) is 46.9 Å². The molecule has 0 saturated heterocycles. The van der Waals surface area contributed by atoms with Gasteiger partial charge in [-0.2, -0.15) is 5.10 Å². The maximum Gasteiger partial charge on any atom is 0.224 e. The Morgan fingerprint density at radius 3 is 2.50 bits per heavy atom. The van der Waals surface area contributed by atoms with Crippen molar-refractivity contribution in [1.29, 1.82) is 0 Å². The van der Waals surface area contributed by atoms with Crippen molar-refractivity contribution in [1.82, 2.24) is 15.1 Å². The number of carbonyl (C=O) groups is 1. The summed E-state index contributed by atoms with van der Waals surface area (Å²) in [5.41, 5.74) is 4.17. The van der Waals surface area contributed by atoms with Crippen LogP contribution in [-0.2, 0) is 11.2 Å². The first-order valence-electron chi connectivity index (χ1n) is 8.91. The zero-order valence-electron chi connectivity index (χ0n) is 15.3. The highest BCUT2D eigenvalue weighted by Crippen LogP contribution is 2.13. The molecule has 1 N–H and O–H groups in total. The number of nitrogens with zero attached hydrogens (tertiary/aromatic N) is 2. The lowest BCUT2D eigenvalue weighted by molar-refractivity contribution is -0.121. The molecule has 1 atom stereocenters. The van der Waals surface area contributed by atoms with Gasteiger partial charge in [0.1, 0.15) is 0 Å². The minimum Gasteiger partial charge on any atom is -0.353 e. The number of hydrogen-bond donors (Lipinski definition) is 1. The minimum absolute atomic E-state index is 0.0952. The average molecular weight is 327 g/mol. The van der Waals surface area contributed by atoms with Gasteiger partial charge in [-0.05, 0) is 51.0 Å². The molecule has 1 amide bonds. The normalized spacial score (nSPS) is 12.2. The van der Waals surface area contributed by atoms with Gasteiger partial charge in [0.05, 0.1) is 17.8 Å². The molecule has 24 heavy (non-hydrogen) atoms. The monoisotopic (exact) mass is 327 g/mol. The Morgan fingerprint density at radius 2 is 1.92 bits per heavy atom. The molecular formula is C20H29N3O. The maximum absolute atomic E-state index is 12.1. The molecular weight excluding hydrogens is 298 g/mol. The summed E-state index contributed by atoms with van der Waals surface area (Å²) in [6, 6.07) is 10.4. The molecule has 2 aromatic rings. The fourth-order valence-corrected chi connectivity index (χ4v) is 2.93. The molecule has 0 spiro atoms. The van der Waals surface area contributed by atoms with Gasteiger partial charge in [0, 0.05) is 11.7 Å². The summed E-state index contributed by atoms with van der Waals surface area (Å²) in [7, 11) is 0. The molecule has 0 aliphatic rings. The first kappa shape index (κ1) is 18.2. The van der Waals surface area contributed by atoms with E-state index in [2.05, 4.69) is 30.3 Å². The number of nitrogens with one attached hydrogen (secondary N) is 1. The molecule has 0 bridgehead atoms. The van der Waals surface area contributed by atoms with E-state index in [1.165, 1.54) is 19.3 Å². The number of aromatic nitrogens is 2. The van der Waals surface area contributed by atoms with Gasteiger partial charge in [-0.15, -0.1) is 0 Å². The second-order valence-electron chi connectivity index (χ2n) is 6.65. The predicted octanol–water partition coefficient (Wildman–Crippen LogP) is 4.12. The highest BCUT2D eigenvalue weighted by Gasteiger charge is 2.09. The van der Waals surface area contributed by atoms with Crippen molar-refractivity contribution in [2.24, 2.45) is 0 Å². The summed E-state index contributed by atoms with van der Waals surface area (Å²) >= 11 is 0. The molecule has 0 saturated carbocycles. The van der Waals surface area contributed by atoms with Crippen LogP contribution in [0.4, 0.5) is 0 Å². The van der Waals surface area contributed by atoms with Crippen molar-refractivity contribution >= 4 is 5.91 Å². The number of rotatable bonds is 8. The largest absolute Gasteiger partial charge is 0.353 e. The van der Waals surface area contributed by atoms with Crippen molar-refractivity contribution in [3.63, 3.8) is 0 Å². The summed E-state index contributed by atoms with van der Waals surface area (Å²) in [5, 5.41) is 7.57. The van der Waals surface area contributed by atoms with Crippen LogP contribution in [0, 0.1) is 13.8 Å². The maximum atomic E-state index is 12.1. The third-order valence-electron chi connectivity index (χ3n) is 4.20. The van der Waals surface area contributed by atoms with Crippen LogP contribution in [0.3, 0.4) is 0 Å². The lowest BCUT2D eigenvalue weighted by Gasteiger charge is -2.14. The summed E-state index contributed by atoms with van der Waals surface area (Å²) in [4.78, 5) is 12.1. The van der Waals surface area contributed by atoms with Crippen LogP contribution in [0.5, 0.6) is 0 Å². The van der Waals surface area contributed by atoms with Crippen LogP contribution in [0.25, 0.3) is 5.69 Å². The second kappa shape index (κ2) is 8.67. The first-order valence-corrected chi connectivity index (χ1v) is 8.91. The Balaban J connectivity index is 1.89. The van der Waals surface area contributed by atoms with Gasteiger partial charge < -0.3 is 5.32 Å². The highest BCUT2D eigenvalue weighted by atomic mass is 16.1. The fraction of sp³-hybridized carbons (Fsp3) is 0.500. The molecule has 1 heterocycles. The van der Waals surface area contributed by atoms with E-state index < -0.39 is 0 Å². The molecule has 0 unspecified atom stereocenters. The molecule has 1 aromatic heterocycles. The van der Waals surface area contributed by atoms with E-state index >= 15 is 0 Å². The van der Waals surface area contributed by atoms with Gasteiger partial charge >= 0.3 is 0 Å². The lowest BCUT2D eigenvalue weighted by atomic mass is 10.1. The van der Waals surface area contributed by atoms with Crippen molar-refractivity contribution in [3.05, 3.63) is 47.3 Å². The third kappa shape index (κ3) is 5.22. The fourth-order valence-electron chi connectivity index (χ4n) is 2.93. The molecule has 0 aliphatic carbocycles. The van der Waals surface area contributed by atoms with Gasteiger partial charge in [-0.1, -0.05) is 38.3 Å². The summed E-state index contributed by atoms with van der Waals surface area (Å²) in [6.45, 7) is 8.31. The van der Waals surface area contributed by atoms with E-state index in [1.54, 1.807) is 0 Å². The Labute approximate surface area is 145 Å². The second-order valence-corrected chi connectivity index (χ2v) is 6.65. The van der Waals surface area contributed by atoms with E-state index in [0.29, 0.717) is 6.42 Å². The van der Waals surface area contributed by atoms with Crippen molar-refractivity contribution < 1.29 is 4.79 Å². The Kier molecular flexibility index (Phi) is 6.59. The SMILES string of the molecule is CCCCC[C@H](C)NC(=O)Cc1ccc(-n2nc(C)cc2C)cc1. The number of unbranched alkanes of at least 4 members (excludes halogenated alkanes) is 2. The zero-order valence-corrected chi connectivity index (χ0v) is 15.3. The third-order valence-corrected chi connectivity index (χ3v) is 4.20. The summed E-state index contributed by atoms with van der Waals surface area (Å²) in [6.07, 6.45) is 5.09. The van der Waals surface area contributed by atoms with Crippen LogP contribution < -0.4 is 5.32 Å². The first-order chi connectivity index (χ1) is 11.5. The van der Waals surface area contributed by atoms with Crippen LogP contribution in [-0.4, -0.2) is 21.7 Å². The smallest absolute Gasteiger partial charge is 0.224 e. The zero-order chi connectivity index (χ0) is 17.5. The minimum atomic E-state index is 0.0952. The molecule has 130 valence electrons. The van der Waals surface area contributed by atoms with Gasteiger partial charge in [0.15, 0.2) is 0 Å². The Morgan fingerprint density at radius 1 is 1.21 bits per heavy atom. The van der Waals surface area contributed by atoms with E-state index in [9.17, 15) is 4.79 Å². The van der Waals surface area contributed by atoms with E-state index in [4.69, 9.17) is 0 Å². The summed E-state index contributed by atoms with van der Waals surface area (Å²) < 4.78 is 1.93. The van der Waals surface area contributed by atoms with Gasteiger partial charge in [-0.3, -0.25) is 4.79 Å². The Hall–Kier alpha value is -2.10. The van der Waals surface area contributed by atoms with Crippen LogP contribution >= 0.6 is 0 Å². The standard InChI is InChI=1S/C20H29N3O/c1-5-6-7-8-15(2)21-20(24)14-18-9-11-19(12-10-18)23-17(4)13-16(3)22-23/h9-13,15H,5-8,14H2,1-4H3,(H,21,24)/t15-/m0/s1. The number of hydrogen-bond acceptors (Lipinski definition) is 2. The summed E-state index contributed by atoms with van der Waals surface area (Å²) in [5.74, 6) is 0.0952. The van der Waals surface area contributed by atoms with Crippen LogP contribution in [0.2, 0.25) is 0 Å². The molecule has 1 aromatic carbocycles. The molecule has 0 radical (unpaired) electrons. The molecule has 0 aliphatic heterocycles. The number of benzene rings is 1. The van der Waals surface area contributed by atoms with E-state index in [1.807, 2.05) is 42.8 Å². The van der Waals surface area contributed by atoms with Crippen LogP contribution in [0.15, 0.2) is 30.3 Å². The van der Waals surface area contributed by atoms with Crippen molar-refractivity contribution in [2.45, 2.75) is 65.8 Å². The molecule has 4 nitrogen and oxygen atoms in total. The van der Waals surface area contributed by atoms with Crippen molar-refractivity contribution in [3.8, 4) is 5.69 Å². The Bertz CT molecular complexity index is 658. The number of carbonyl (C=O) groups excluding carboxylic acids is 1. The lowest BCUT2D eigenvalue weighted by Crippen LogP contribution is -2.33. The molecule has 2 rings (SSSR count). The van der Waals surface area contributed by atoms with Crippen molar-refractivity contribution in [2.75, 3.05) is 0 Å². The number of amides is 1. The van der Waals surface area contributed by atoms with Gasteiger partial charge in [0.25, 0.3) is 0 Å². The quantitative estimate of drug-likeness (QED) is 0.742. The highest BCUT2D eigenvalue weighted by molar-refractivity contribution is 5.78. The van der Waals surface area contributed by atoms with Crippen LogP contribution in [0.1, 0.15) is 56.5 Å². The van der Waals surface area contributed by atoms with E-state index in [0.717, 1.165) is 29.1 Å². The van der Waals surface area contributed by atoms with Gasteiger partial charge in [-0.25, -0.2) is 4.68 Å². The number of aryl methyl sites for hydroxylation is 2. The predicted molar refractivity (Wildman–Crippen MR) is 98.5 cm³/mol. The molecule has 0 fully saturated rings.